The number of nitrogens with one attached hydrogen (secondary N) is 1. The van der Waals surface area contributed by atoms with Crippen molar-refractivity contribution in [2.45, 2.75) is 25.9 Å². The summed E-state index contributed by atoms with van der Waals surface area (Å²) in [5.41, 5.74) is 1.99. The van der Waals surface area contributed by atoms with Crippen LogP contribution >= 0.6 is 0 Å². The molecule has 1 aliphatic rings. The van der Waals surface area contributed by atoms with Gasteiger partial charge in [-0.15, -0.1) is 10.2 Å². The van der Waals surface area contributed by atoms with Crippen molar-refractivity contribution in [2.24, 2.45) is 0 Å². The van der Waals surface area contributed by atoms with E-state index in [1.54, 1.807) is 6.20 Å². The highest BCUT2D eigenvalue weighted by Crippen LogP contribution is 2.27. The summed E-state index contributed by atoms with van der Waals surface area (Å²) in [7, 11) is 0. The lowest BCUT2D eigenvalue weighted by Crippen LogP contribution is -2.42. The van der Waals surface area contributed by atoms with E-state index in [0.717, 1.165) is 17.9 Å². The number of amides is 1. The van der Waals surface area contributed by atoms with Crippen LogP contribution in [0, 0.1) is 0 Å². The molecule has 7 heteroatoms. The van der Waals surface area contributed by atoms with E-state index in [1.165, 1.54) is 5.56 Å². The van der Waals surface area contributed by atoms with Crippen LogP contribution in [0.4, 0.5) is 0 Å². The Kier molecular flexibility index (Phi) is 3.60. The lowest BCUT2D eigenvalue weighted by molar-refractivity contribution is -0.136. The van der Waals surface area contributed by atoms with Crippen molar-refractivity contribution < 1.29 is 4.79 Å². The first-order chi connectivity index (χ1) is 11.7. The average molecular weight is 322 g/mol. The molecule has 122 valence electrons. The zero-order valence-corrected chi connectivity index (χ0v) is 13.4. The number of fused-ring (bicyclic) bond motifs is 1. The van der Waals surface area contributed by atoms with E-state index in [0.29, 0.717) is 18.9 Å². The summed E-state index contributed by atoms with van der Waals surface area (Å²) in [4.78, 5) is 14.6. The Morgan fingerprint density at radius 3 is 2.79 bits per heavy atom. The standard InChI is InChI=1S/C17H18N6O/c1-12-17(24)22(10-8-13-5-3-2-4-6-13)11-15-20-21-16(23(12)15)14-7-9-18-19-14/h2-7,9,12H,8,10-11H2,1H3,(H,18,19)/t12-/m1/s1. The third kappa shape index (κ3) is 2.47. The summed E-state index contributed by atoms with van der Waals surface area (Å²) in [6, 6.07) is 11.7. The predicted molar refractivity (Wildman–Crippen MR) is 87.9 cm³/mol. The highest BCUT2D eigenvalue weighted by Gasteiger charge is 2.33. The topological polar surface area (TPSA) is 79.7 Å². The Morgan fingerprint density at radius 2 is 2.04 bits per heavy atom. The van der Waals surface area contributed by atoms with E-state index in [1.807, 2.05) is 40.7 Å². The molecule has 2 aromatic heterocycles. The molecule has 1 aromatic carbocycles. The van der Waals surface area contributed by atoms with Crippen LogP contribution < -0.4 is 0 Å². The Morgan fingerprint density at radius 1 is 1.21 bits per heavy atom. The summed E-state index contributed by atoms with van der Waals surface area (Å²) in [6.07, 6.45) is 2.50. The van der Waals surface area contributed by atoms with Crippen LogP contribution in [-0.2, 0) is 17.8 Å². The second kappa shape index (κ2) is 5.92. The quantitative estimate of drug-likeness (QED) is 0.794. The van der Waals surface area contributed by atoms with Gasteiger partial charge in [-0.05, 0) is 25.0 Å². The maximum atomic E-state index is 12.8. The van der Waals surface area contributed by atoms with Gasteiger partial charge in [-0.3, -0.25) is 14.5 Å². The molecule has 1 amide bonds. The van der Waals surface area contributed by atoms with Crippen LogP contribution in [0.1, 0.15) is 24.4 Å². The number of hydrogen-bond acceptors (Lipinski definition) is 4. The average Bonchev–Trinajstić information content (AvgIpc) is 3.27. The zero-order chi connectivity index (χ0) is 16.5. The maximum Gasteiger partial charge on any atom is 0.245 e. The van der Waals surface area contributed by atoms with Gasteiger partial charge in [-0.25, -0.2) is 0 Å². The van der Waals surface area contributed by atoms with Crippen LogP contribution in [-0.4, -0.2) is 42.3 Å². The van der Waals surface area contributed by atoms with Gasteiger partial charge in [0.1, 0.15) is 11.7 Å². The number of H-pyrrole nitrogens is 1. The van der Waals surface area contributed by atoms with E-state index < -0.39 is 0 Å². The second-order valence-electron chi connectivity index (χ2n) is 5.95. The van der Waals surface area contributed by atoms with Crippen LogP contribution in [0.2, 0.25) is 0 Å². The molecule has 4 rings (SSSR count). The van der Waals surface area contributed by atoms with Crippen LogP contribution in [0.5, 0.6) is 0 Å². The van der Waals surface area contributed by atoms with Crippen molar-refractivity contribution in [1.29, 1.82) is 0 Å². The van der Waals surface area contributed by atoms with Gasteiger partial charge in [0, 0.05) is 12.7 Å². The Labute approximate surface area is 139 Å². The molecule has 3 heterocycles. The number of aromatic amines is 1. The van der Waals surface area contributed by atoms with Gasteiger partial charge in [0.25, 0.3) is 0 Å². The molecule has 0 unspecified atom stereocenters. The zero-order valence-electron chi connectivity index (χ0n) is 13.4. The number of hydrogen-bond donors (Lipinski definition) is 1. The van der Waals surface area contributed by atoms with Gasteiger partial charge in [-0.2, -0.15) is 5.10 Å². The Hall–Kier alpha value is -2.96. The van der Waals surface area contributed by atoms with Gasteiger partial charge in [0.2, 0.25) is 5.91 Å². The monoisotopic (exact) mass is 322 g/mol. The largest absolute Gasteiger partial charge is 0.333 e. The Balaban J connectivity index is 1.56. The van der Waals surface area contributed by atoms with E-state index in [9.17, 15) is 4.79 Å². The summed E-state index contributed by atoms with van der Waals surface area (Å²) in [5, 5.41) is 15.3. The van der Waals surface area contributed by atoms with Crippen LogP contribution in [0.3, 0.4) is 0 Å². The van der Waals surface area contributed by atoms with E-state index in [4.69, 9.17) is 0 Å². The number of aromatic nitrogens is 5. The molecule has 7 nitrogen and oxygen atoms in total. The van der Waals surface area contributed by atoms with Gasteiger partial charge in [-0.1, -0.05) is 30.3 Å². The Bertz CT molecular complexity index is 839. The first kappa shape index (κ1) is 14.6. The lowest BCUT2D eigenvalue weighted by Gasteiger charge is -2.32. The third-order valence-corrected chi connectivity index (χ3v) is 4.41. The first-order valence-corrected chi connectivity index (χ1v) is 8.00. The fourth-order valence-corrected chi connectivity index (χ4v) is 3.12. The minimum absolute atomic E-state index is 0.0963. The molecule has 1 N–H and O–H groups in total. The highest BCUT2D eigenvalue weighted by atomic mass is 16.2. The van der Waals surface area contributed by atoms with Crippen molar-refractivity contribution in [3.05, 3.63) is 54.0 Å². The minimum Gasteiger partial charge on any atom is -0.333 e. The molecule has 0 saturated heterocycles. The molecule has 0 bridgehead atoms. The second-order valence-corrected chi connectivity index (χ2v) is 5.95. The van der Waals surface area contributed by atoms with E-state index in [2.05, 4.69) is 32.5 Å². The number of nitrogens with zero attached hydrogens (tertiary/aromatic N) is 5. The summed E-state index contributed by atoms with van der Waals surface area (Å²) in [5.74, 6) is 1.56. The molecular formula is C17H18N6O. The molecule has 3 aromatic rings. The molecular weight excluding hydrogens is 304 g/mol. The fraction of sp³-hybridized carbons (Fsp3) is 0.294. The summed E-state index contributed by atoms with van der Waals surface area (Å²) < 4.78 is 1.90. The van der Waals surface area contributed by atoms with Crippen molar-refractivity contribution in [2.75, 3.05) is 6.54 Å². The molecule has 0 fully saturated rings. The SMILES string of the molecule is C[C@@H]1C(=O)N(CCc2ccccc2)Cc2nnc(-c3ccn[nH]3)n21. The van der Waals surface area contributed by atoms with Gasteiger partial charge in [0.15, 0.2) is 11.6 Å². The molecule has 0 radical (unpaired) electrons. The lowest BCUT2D eigenvalue weighted by atomic mass is 10.1. The molecule has 24 heavy (non-hydrogen) atoms. The van der Waals surface area contributed by atoms with E-state index in [-0.39, 0.29) is 11.9 Å². The number of carbonyl (C=O) groups excluding carboxylic acids is 1. The normalized spacial score (nSPS) is 17.1. The highest BCUT2D eigenvalue weighted by molar-refractivity contribution is 5.81. The van der Waals surface area contributed by atoms with E-state index >= 15 is 0 Å². The van der Waals surface area contributed by atoms with Crippen molar-refractivity contribution in [3.63, 3.8) is 0 Å². The first-order valence-electron chi connectivity index (χ1n) is 8.00. The minimum atomic E-state index is -0.321. The molecule has 0 saturated carbocycles. The van der Waals surface area contributed by atoms with Crippen LogP contribution in [0.15, 0.2) is 42.6 Å². The maximum absolute atomic E-state index is 12.8. The molecule has 1 atom stereocenters. The summed E-state index contributed by atoms with van der Waals surface area (Å²) >= 11 is 0. The summed E-state index contributed by atoms with van der Waals surface area (Å²) in [6.45, 7) is 3.06. The number of rotatable bonds is 4. The fourth-order valence-electron chi connectivity index (χ4n) is 3.12. The predicted octanol–water partition coefficient (Wildman–Crippen LogP) is 1.81. The number of benzene rings is 1. The van der Waals surface area contributed by atoms with Crippen molar-refractivity contribution in [1.82, 2.24) is 29.9 Å². The van der Waals surface area contributed by atoms with Crippen molar-refractivity contribution >= 4 is 5.91 Å². The van der Waals surface area contributed by atoms with Gasteiger partial charge < -0.3 is 4.90 Å². The van der Waals surface area contributed by atoms with Crippen molar-refractivity contribution in [3.8, 4) is 11.5 Å². The number of carbonyl (C=O) groups is 1. The molecule has 1 aliphatic heterocycles. The third-order valence-electron chi connectivity index (χ3n) is 4.41. The molecule has 0 aliphatic carbocycles. The van der Waals surface area contributed by atoms with Crippen LogP contribution in [0.25, 0.3) is 11.5 Å². The molecule has 0 spiro atoms. The smallest absolute Gasteiger partial charge is 0.245 e. The van der Waals surface area contributed by atoms with Gasteiger partial charge >= 0.3 is 0 Å². The van der Waals surface area contributed by atoms with Gasteiger partial charge in [0.05, 0.1) is 6.54 Å².